The first-order valence-electron chi connectivity index (χ1n) is 6.37. The molecule has 0 aliphatic rings. The third-order valence-corrected chi connectivity index (χ3v) is 2.23. The maximum absolute atomic E-state index is 12.0. The topological polar surface area (TPSA) is 86.7 Å². The van der Waals surface area contributed by atoms with Crippen molar-refractivity contribution in [3.63, 3.8) is 0 Å². The van der Waals surface area contributed by atoms with Gasteiger partial charge in [0.2, 0.25) is 0 Å². The van der Waals surface area contributed by atoms with Gasteiger partial charge in [0.25, 0.3) is 0 Å². The quantitative estimate of drug-likeness (QED) is 0.542. The van der Waals surface area contributed by atoms with Crippen LogP contribution >= 0.6 is 0 Å². The normalized spacial score (nSPS) is 14.1. The van der Waals surface area contributed by atoms with Gasteiger partial charge in [-0.15, -0.1) is 0 Å². The molecule has 0 aromatic heterocycles. The van der Waals surface area contributed by atoms with E-state index in [2.05, 4.69) is 0 Å². The van der Waals surface area contributed by atoms with E-state index in [0.717, 1.165) is 6.92 Å². The fraction of sp³-hybridized carbons (Fsp3) is 0.714. The second kappa shape index (κ2) is 7.17. The summed E-state index contributed by atoms with van der Waals surface area (Å²) < 4.78 is 9.86. The van der Waals surface area contributed by atoms with Crippen LogP contribution < -0.4 is 0 Å². The minimum absolute atomic E-state index is 0.205. The number of hydrogen-bond donors (Lipinski definition) is 0. The van der Waals surface area contributed by atoms with Gasteiger partial charge in [0.15, 0.2) is 17.5 Å². The lowest BCUT2D eigenvalue weighted by atomic mass is 9.95. The number of esters is 2. The SMILES string of the molecule is CC(=O)OC(C)CC(=O)C(C(C)=O)C(=O)OC(C)(C)C. The molecule has 0 fully saturated rings. The molecule has 0 aromatic carbocycles. The summed E-state index contributed by atoms with van der Waals surface area (Å²) in [5.41, 5.74) is -0.785. The predicted molar refractivity (Wildman–Crippen MR) is 70.9 cm³/mol. The molecule has 0 aliphatic carbocycles. The van der Waals surface area contributed by atoms with E-state index in [1.165, 1.54) is 13.8 Å². The molecule has 0 amide bonds. The van der Waals surface area contributed by atoms with E-state index >= 15 is 0 Å². The van der Waals surface area contributed by atoms with Gasteiger partial charge in [0, 0.05) is 13.3 Å². The van der Waals surface area contributed by atoms with E-state index < -0.39 is 41.1 Å². The van der Waals surface area contributed by atoms with Crippen LogP contribution in [-0.4, -0.2) is 35.2 Å². The van der Waals surface area contributed by atoms with Crippen molar-refractivity contribution in [3.8, 4) is 0 Å². The van der Waals surface area contributed by atoms with Gasteiger partial charge in [-0.3, -0.25) is 19.2 Å². The van der Waals surface area contributed by atoms with Gasteiger partial charge in [-0.05, 0) is 34.6 Å². The Hall–Kier alpha value is -1.72. The van der Waals surface area contributed by atoms with E-state index in [-0.39, 0.29) is 6.42 Å². The molecule has 20 heavy (non-hydrogen) atoms. The number of ketones is 2. The molecule has 0 rings (SSSR count). The fourth-order valence-electron chi connectivity index (χ4n) is 1.61. The minimum atomic E-state index is -1.47. The third kappa shape index (κ3) is 7.01. The zero-order valence-electron chi connectivity index (χ0n) is 12.8. The van der Waals surface area contributed by atoms with Crippen LogP contribution in [0.1, 0.15) is 48.0 Å². The maximum atomic E-state index is 12.0. The van der Waals surface area contributed by atoms with Gasteiger partial charge in [0.1, 0.15) is 11.7 Å². The first-order chi connectivity index (χ1) is 8.94. The molecule has 6 nitrogen and oxygen atoms in total. The van der Waals surface area contributed by atoms with Crippen molar-refractivity contribution in [3.05, 3.63) is 0 Å². The van der Waals surface area contributed by atoms with Crippen molar-refractivity contribution in [1.29, 1.82) is 0 Å². The molecule has 0 aliphatic heterocycles. The van der Waals surface area contributed by atoms with Gasteiger partial charge >= 0.3 is 11.9 Å². The van der Waals surface area contributed by atoms with Crippen molar-refractivity contribution in [2.75, 3.05) is 0 Å². The van der Waals surface area contributed by atoms with Gasteiger partial charge in [-0.2, -0.15) is 0 Å². The second-order valence-electron chi connectivity index (χ2n) is 5.67. The third-order valence-electron chi connectivity index (χ3n) is 2.23. The maximum Gasteiger partial charge on any atom is 0.324 e. The largest absolute Gasteiger partial charge is 0.462 e. The molecule has 0 spiro atoms. The molecule has 6 heteroatoms. The Bertz CT molecular complexity index is 404. The molecule has 0 bridgehead atoms. The first-order valence-corrected chi connectivity index (χ1v) is 6.37. The van der Waals surface area contributed by atoms with Crippen molar-refractivity contribution in [2.45, 2.75) is 59.7 Å². The summed E-state index contributed by atoms with van der Waals surface area (Å²) in [6.45, 7) is 8.84. The summed E-state index contributed by atoms with van der Waals surface area (Å²) in [6.07, 6.45) is -0.896. The number of carbonyl (C=O) groups excluding carboxylic acids is 4. The van der Waals surface area contributed by atoms with E-state index in [4.69, 9.17) is 9.47 Å². The van der Waals surface area contributed by atoms with E-state index in [1.807, 2.05) is 0 Å². The molecule has 0 radical (unpaired) electrons. The number of ether oxygens (including phenoxy) is 2. The van der Waals surface area contributed by atoms with Crippen LogP contribution in [0.25, 0.3) is 0 Å². The number of Topliss-reactive ketones (excluding diaryl/α,β-unsaturated/α-hetero) is 2. The van der Waals surface area contributed by atoms with Crippen LogP contribution in [0.5, 0.6) is 0 Å². The highest BCUT2D eigenvalue weighted by molar-refractivity contribution is 6.16. The summed E-state index contributed by atoms with van der Waals surface area (Å²) >= 11 is 0. The Kier molecular flexibility index (Phi) is 6.55. The molecular weight excluding hydrogens is 264 g/mol. The molecule has 0 saturated carbocycles. The van der Waals surface area contributed by atoms with Crippen LogP contribution in [-0.2, 0) is 28.7 Å². The molecule has 2 unspecified atom stereocenters. The van der Waals surface area contributed by atoms with E-state index in [9.17, 15) is 19.2 Å². The molecule has 114 valence electrons. The van der Waals surface area contributed by atoms with Crippen LogP contribution in [0, 0.1) is 5.92 Å². The van der Waals surface area contributed by atoms with E-state index in [1.54, 1.807) is 20.8 Å². The zero-order valence-corrected chi connectivity index (χ0v) is 12.8. The standard InChI is InChI=1S/C14H22O6/c1-8(19-10(3)16)7-11(17)12(9(2)15)13(18)20-14(4,5)6/h8,12H,7H2,1-6H3. The summed E-state index contributed by atoms with van der Waals surface area (Å²) in [4.78, 5) is 46.1. The Morgan fingerprint density at radius 3 is 1.90 bits per heavy atom. The van der Waals surface area contributed by atoms with Crippen molar-refractivity contribution in [1.82, 2.24) is 0 Å². The lowest BCUT2D eigenvalue weighted by molar-refractivity contribution is -0.164. The van der Waals surface area contributed by atoms with Crippen LogP contribution in [0.2, 0.25) is 0 Å². The van der Waals surface area contributed by atoms with Crippen molar-refractivity contribution in [2.24, 2.45) is 5.92 Å². The Balaban J connectivity index is 4.84. The summed E-state index contributed by atoms with van der Waals surface area (Å²) in [6, 6.07) is 0. The van der Waals surface area contributed by atoms with Gasteiger partial charge in [-0.25, -0.2) is 0 Å². The Morgan fingerprint density at radius 2 is 1.55 bits per heavy atom. The molecule has 0 heterocycles. The van der Waals surface area contributed by atoms with Crippen LogP contribution in [0.15, 0.2) is 0 Å². The Morgan fingerprint density at radius 1 is 1.05 bits per heavy atom. The summed E-state index contributed by atoms with van der Waals surface area (Å²) in [5.74, 6) is -4.06. The molecule has 2 atom stereocenters. The van der Waals surface area contributed by atoms with Crippen LogP contribution in [0.4, 0.5) is 0 Å². The highest BCUT2D eigenvalue weighted by atomic mass is 16.6. The molecule has 0 aromatic rings. The average molecular weight is 286 g/mol. The van der Waals surface area contributed by atoms with E-state index in [0.29, 0.717) is 0 Å². The van der Waals surface area contributed by atoms with Crippen molar-refractivity contribution < 1.29 is 28.7 Å². The lowest BCUT2D eigenvalue weighted by Crippen LogP contribution is -2.37. The van der Waals surface area contributed by atoms with Crippen molar-refractivity contribution >= 4 is 23.5 Å². The first kappa shape index (κ1) is 18.3. The fourth-order valence-corrected chi connectivity index (χ4v) is 1.61. The van der Waals surface area contributed by atoms with Gasteiger partial charge in [0.05, 0.1) is 0 Å². The lowest BCUT2D eigenvalue weighted by Gasteiger charge is -2.22. The molecule has 0 N–H and O–H groups in total. The van der Waals surface area contributed by atoms with Crippen LogP contribution in [0.3, 0.4) is 0 Å². The Labute approximate surface area is 118 Å². The van der Waals surface area contributed by atoms with Gasteiger partial charge < -0.3 is 9.47 Å². The monoisotopic (exact) mass is 286 g/mol. The molecular formula is C14H22O6. The zero-order chi connectivity index (χ0) is 16.1. The summed E-state index contributed by atoms with van der Waals surface area (Å²) in [7, 11) is 0. The number of hydrogen-bond acceptors (Lipinski definition) is 6. The average Bonchev–Trinajstić information content (AvgIpc) is 2.10. The molecule has 0 saturated heterocycles. The highest BCUT2D eigenvalue weighted by Gasteiger charge is 2.35. The number of carbonyl (C=O) groups is 4. The second-order valence-corrected chi connectivity index (χ2v) is 5.67. The van der Waals surface area contributed by atoms with Gasteiger partial charge in [-0.1, -0.05) is 0 Å². The smallest absolute Gasteiger partial charge is 0.324 e. The highest BCUT2D eigenvalue weighted by Crippen LogP contribution is 2.15. The predicted octanol–water partition coefficient (Wildman–Crippen LogP) is 1.44. The number of rotatable bonds is 6. The summed E-state index contributed by atoms with van der Waals surface area (Å²) in [5, 5.41) is 0. The minimum Gasteiger partial charge on any atom is -0.462 e.